The van der Waals surface area contributed by atoms with E-state index in [1.54, 1.807) is 36.4 Å². The van der Waals surface area contributed by atoms with Crippen molar-refractivity contribution in [2.45, 2.75) is 11.9 Å². The van der Waals surface area contributed by atoms with Gasteiger partial charge in [0.2, 0.25) is 5.91 Å². The molecule has 1 aromatic carbocycles. The zero-order valence-electron chi connectivity index (χ0n) is 10.8. The molecule has 1 heterocycles. The van der Waals surface area contributed by atoms with Crippen LogP contribution in [0.5, 0.6) is 0 Å². The van der Waals surface area contributed by atoms with Gasteiger partial charge in [0.1, 0.15) is 0 Å². The lowest BCUT2D eigenvalue weighted by atomic mass is 10.2. The van der Waals surface area contributed by atoms with Crippen LogP contribution in [0.2, 0.25) is 5.02 Å². The van der Waals surface area contributed by atoms with E-state index >= 15 is 0 Å². The number of nitrogens with zero attached hydrogens (tertiary/aromatic N) is 1. The smallest absolute Gasteiger partial charge is 0.251 e. The summed E-state index contributed by atoms with van der Waals surface area (Å²) in [4.78, 5) is 11.9. The summed E-state index contributed by atoms with van der Waals surface area (Å²) in [5, 5.41) is 15.4. The Balaban J connectivity index is 1.94. The molecule has 0 saturated carbocycles. The molecule has 0 spiro atoms. The zero-order valence-corrected chi connectivity index (χ0v) is 12.4. The first-order valence-corrected chi connectivity index (χ1v) is 7.29. The average Bonchev–Trinajstić information content (AvgIpc) is 2.41. The van der Waals surface area contributed by atoms with Gasteiger partial charge in [0.25, 0.3) is 5.03 Å². The summed E-state index contributed by atoms with van der Waals surface area (Å²) in [5.41, 5.74) is 1.62. The Morgan fingerprint density at radius 1 is 1.40 bits per heavy atom. The quantitative estimate of drug-likeness (QED) is 0.536. The van der Waals surface area contributed by atoms with E-state index in [9.17, 15) is 10.0 Å². The molecule has 2 aromatic rings. The lowest BCUT2D eigenvalue weighted by Crippen LogP contribution is -2.28. The monoisotopic (exact) mass is 308 g/mol. The number of amides is 1. The van der Waals surface area contributed by atoms with Gasteiger partial charge in [-0.1, -0.05) is 11.6 Å². The number of aromatic nitrogens is 1. The molecule has 0 atom stereocenters. The highest BCUT2D eigenvalue weighted by Crippen LogP contribution is 2.20. The van der Waals surface area contributed by atoms with Gasteiger partial charge in [-0.2, -0.15) is 4.73 Å². The first-order valence-electron chi connectivity index (χ1n) is 5.93. The molecule has 0 aliphatic carbocycles. The summed E-state index contributed by atoms with van der Waals surface area (Å²) in [6, 6.07) is 10.4. The Morgan fingerprint density at radius 3 is 2.90 bits per heavy atom. The fraction of sp³-hybridized carbons (Fsp3) is 0.143. The van der Waals surface area contributed by atoms with Crippen LogP contribution < -0.4 is 10.0 Å². The SMILES string of the molecule is Cc1cc(Cl)ccc1NC(=O)CSc1cccc[n+]1[O-]. The maximum absolute atomic E-state index is 11.9. The number of anilines is 1. The highest BCUT2D eigenvalue weighted by molar-refractivity contribution is 7.99. The Kier molecular flexibility index (Phi) is 4.87. The lowest BCUT2D eigenvalue weighted by Gasteiger charge is -2.08. The summed E-state index contributed by atoms with van der Waals surface area (Å²) in [6.45, 7) is 1.87. The molecule has 1 amide bonds. The molecule has 0 aliphatic heterocycles. The molecule has 1 aromatic heterocycles. The molecule has 0 radical (unpaired) electrons. The Bertz CT molecular complexity index is 634. The van der Waals surface area contributed by atoms with Crippen LogP contribution in [-0.4, -0.2) is 11.7 Å². The van der Waals surface area contributed by atoms with Crippen LogP contribution in [0.25, 0.3) is 0 Å². The van der Waals surface area contributed by atoms with Crippen molar-refractivity contribution in [3.05, 3.63) is 58.4 Å². The van der Waals surface area contributed by atoms with E-state index in [0.717, 1.165) is 16.0 Å². The van der Waals surface area contributed by atoms with E-state index < -0.39 is 0 Å². The minimum absolute atomic E-state index is 0.163. The van der Waals surface area contributed by atoms with Gasteiger partial charge in [0.05, 0.1) is 5.75 Å². The summed E-state index contributed by atoms with van der Waals surface area (Å²) in [6.07, 6.45) is 1.41. The first kappa shape index (κ1) is 14.7. The number of pyridine rings is 1. The number of thioether (sulfide) groups is 1. The topological polar surface area (TPSA) is 56.0 Å². The van der Waals surface area contributed by atoms with Crippen molar-refractivity contribution in [2.24, 2.45) is 0 Å². The van der Waals surface area contributed by atoms with E-state index in [2.05, 4.69) is 5.32 Å². The number of halogens is 1. The van der Waals surface area contributed by atoms with Crippen molar-refractivity contribution in [3.63, 3.8) is 0 Å². The largest absolute Gasteiger partial charge is 0.618 e. The molecular weight excluding hydrogens is 296 g/mol. The van der Waals surface area contributed by atoms with E-state index in [1.807, 2.05) is 6.92 Å². The molecule has 104 valence electrons. The predicted molar refractivity (Wildman–Crippen MR) is 80.9 cm³/mol. The second kappa shape index (κ2) is 6.63. The fourth-order valence-electron chi connectivity index (χ4n) is 1.62. The normalized spacial score (nSPS) is 10.3. The molecule has 4 nitrogen and oxygen atoms in total. The van der Waals surface area contributed by atoms with Crippen LogP contribution in [-0.2, 0) is 4.79 Å². The van der Waals surface area contributed by atoms with Crippen LogP contribution in [0.3, 0.4) is 0 Å². The Morgan fingerprint density at radius 2 is 2.20 bits per heavy atom. The molecule has 0 unspecified atom stereocenters. The highest BCUT2D eigenvalue weighted by Gasteiger charge is 2.10. The molecule has 20 heavy (non-hydrogen) atoms. The first-order chi connectivity index (χ1) is 9.56. The Labute approximate surface area is 126 Å². The summed E-state index contributed by atoms with van der Waals surface area (Å²) >= 11 is 7.05. The number of carbonyl (C=O) groups is 1. The number of carbonyl (C=O) groups excluding carboxylic acids is 1. The van der Waals surface area contributed by atoms with Gasteiger partial charge in [0, 0.05) is 22.8 Å². The van der Waals surface area contributed by atoms with Crippen molar-refractivity contribution >= 4 is 35.0 Å². The zero-order chi connectivity index (χ0) is 14.5. The Hall–Kier alpha value is -1.72. The molecule has 6 heteroatoms. The second-order valence-electron chi connectivity index (χ2n) is 4.16. The molecule has 0 saturated heterocycles. The minimum Gasteiger partial charge on any atom is -0.618 e. The summed E-state index contributed by atoms with van der Waals surface area (Å²) in [7, 11) is 0. The number of rotatable bonds is 4. The highest BCUT2D eigenvalue weighted by atomic mass is 35.5. The average molecular weight is 309 g/mol. The van der Waals surface area contributed by atoms with Gasteiger partial charge in [-0.3, -0.25) is 4.79 Å². The van der Waals surface area contributed by atoms with Gasteiger partial charge >= 0.3 is 0 Å². The van der Waals surface area contributed by atoms with Crippen molar-refractivity contribution in [1.29, 1.82) is 0 Å². The van der Waals surface area contributed by atoms with Gasteiger partial charge in [-0.15, -0.1) is 0 Å². The van der Waals surface area contributed by atoms with Crippen molar-refractivity contribution in [3.8, 4) is 0 Å². The van der Waals surface area contributed by atoms with Gasteiger partial charge in [-0.25, -0.2) is 0 Å². The van der Waals surface area contributed by atoms with E-state index in [4.69, 9.17) is 11.6 Å². The maximum atomic E-state index is 11.9. The van der Waals surface area contributed by atoms with Gasteiger partial charge < -0.3 is 10.5 Å². The standard InChI is InChI=1S/C14H13ClN2O2S/c1-10-8-11(15)5-6-12(10)16-13(18)9-20-14-4-2-3-7-17(14)19/h2-8H,9H2,1H3,(H,16,18). The maximum Gasteiger partial charge on any atom is 0.251 e. The van der Waals surface area contributed by atoms with Gasteiger partial charge in [0.15, 0.2) is 6.20 Å². The van der Waals surface area contributed by atoms with Crippen LogP contribution in [0.4, 0.5) is 5.69 Å². The number of benzene rings is 1. The molecule has 0 bridgehead atoms. The van der Waals surface area contributed by atoms with Gasteiger partial charge in [-0.05, 0) is 48.5 Å². The van der Waals surface area contributed by atoms with E-state index in [0.29, 0.717) is 10.0 Å². The number of hydrogen-bond donors (Lipinski definition) is 1. The molecule has 2 rings (SSSR count). The molecular formula is C14H13ClN2O2S. The van der Waals surface area contributed by atoms with Crippen LogP contribution in [0.1, 0.15) is 5.56 Å². The number of nitrogens with one attached hydrogen (secondary N) is 1. The number of aryl methyl sites for hydroxylation is 1. The molecule has 1 N–H and O–H groups in total. The minimum atomic E-state index is -0.163. The van der Waals surface area contributed by atoms with Crippen LogP contribution >= 0.6 is 23.4 Å². The fourth-order valence-corrected chi connectivity index (χ4v) is 2.56. The molecule has 0 fully saturated rings. The molecule has 0 aliphatic rings. The third-order valence-electron chi connectivity index (χ3n) is 2.60. The predicted octanol–water partition coefficient (Wildman–Crippen LogP) is 3.01. The van der Waals surface area contributed by atoms with Crippen molar-refractivity contribution in [1.82, 2.24) is 0 Å². The third-order valence-corrected chi connectivity index (χ3v) is 3.86. The van der Waals surface area contributed by atoms with Crippen LogP contribution in [0.15, 0.2) is 47.6 Å². The van der Waals surface area contributed by atoms with E-state index in [-0.39, 0.29) is 11.7 Å². The van der Waals surface area contributed by atoms with Crippen molar-refractivity contribution in [2.75, 3.05) is 11.1 Å². The summed E-state index contributed by atoms with van der Waals surface area (Å²) in [5.74, 6) is 0.0122. The third kappa shape index (κ3) is 3.88. The van der Waals surface area contributed by atoms with E-state index in [1.165, 1.54) is 18.0 Å². The summed E-state index contributed by atoms with van der Waals surface area (Å²) < 4.78 is 0.742. The lowest BCUT2D eigenvalue weighted by molar-refractivity contribution is -0.645. The van der Waals surface area contributed by atoms with Crippen LogP contribution in [0, 0.1) is 12.1 Å². The second-order valence-corrected chi connectivity index (χ2v) is 5.59. The number of hydrogen-bond acceptors (Lipinski definition) is 3. The van der Waals surface area contributed by atoms with Crippen molar-refractivity contribution < 1.29 is 9.52 Å².